The Morgan fingerprint density at radius 2 is 1.75 bits per heavy atom. The standard InChI is InChI=1S/C16H17ClF3NO3/c1-14(2,10-3-5-11(17)6-4-10)12(22)21-8-7-15(9-21,13(23)24)16(18,19)20/h3-6H,7-9H2,1-2H3,(H,23,24). The van der Waals surface area contributed by atoms with Crippen molar-refractivity contribution in [3.05, 3.63) is 34.9 Å². The van der Waals surface area contributed by atoms with E-state index in [-0.39, 0.29) is 6.54 Å². The van der Waals surface area contributed by atoms with Crippen molar-refractivity contribution in [3.63, 3.8) is 0 Å². The van der Waals surface area contributed by atoms with Gasteiger partial charge in [-0.25, -0.2) is 0 Å². The molecular formula is C16H17ClF3NO3. The van der Waals surface area contributed by atoms with E-state index in [9.17, 15) is 22.8 Å². The first-order valence-corrected chi connectivity index (χ1v) is 7.65. The van der Waals surface area contributed by atoms with Gasteiger partial charge in [-0.15, -0.1) is 0 Å². The van der Waals surface area contributed by atoms with Crippen molar-refractivity contribution in [2.24, 2.45) is 5.41 Å². The molecule has 0 aromatic heterocycles. The lowest BCUT2D eigenvalue weighted by Crippen LogP contribution is -2.49. The summed E-state index contributed by atoms with van der Waals surface area (Å²) < 4.78 is 39.7. The van der Waals surface area contributed by atoms with Crippen LogP contribution in [0.2, 0.25) is 5.02 Å². The van der Waals surface area contributed by atoms with Crippen LogP contribution in [0.3, 0.4) is 0 Å². The van der Waals surface area contributed by atoms with Crippen LogP contribution in [0.5, 0.6) is 0 Å². The van der Waals surface area contributed by atoms with Gasteiger partial charge >= 0.3 is 12.1 Å². The summed E-state index contributed by atoms with van der Waals surface area (Å²) in [6.45, 7) is 2.06. The second-order valence-electron chi connectivity index (χ2n) is 6.49. The summed E-state index contributed by atoms with van der Waals surface area (Å²) in [5.74, 6) is -2.49. The van der Waals surface area contributed by atoms with E-state index in [0.29, 0.717) is 10.6 Å². The first-order valence-electron chi connectivity index (χ1n) is 7.27. The van der Waals surface area contributed by atoms with Crippen molar-refractivity contribution in [3.8, 4) is 0 Å². The molecule has 1 unspecified atom stereocenters. The molecule has 0 radical (unpaired) electrons. The number of benzene rings is 1. The second-order valence-corrected chi connectivity index (χ2v) is 6.93. The van der Waals surface area contributed by atoms with Crippen LogP contribution in [0.25, 0.3) is 0 Å². The topological polar surface area (TPSA) is 57.6 Å². The Bertz CT molecular complexity index is 658. The maximum Gasteiger partial charge on any atom is 0.406 e. The highest BCUT2D eigenvalue weighted by molar-refractivity contribution is 6.30. The third-order valence-electron chi connectivity index (χ3n) is 4.61. The van der Waals surface area contributed by atoms with Gasteiger partial charge in [0.15, 0.2) is 5.41 Å². The van der Waals surface area contributed by atoms with Gasteiger partial charge in [0.1, 0.15) is 0 Å². The Kier molecular flexibility index (Phi) is 4.61. The first-order chi connectivity index (χ1) is 10.9. The van der Waals surface area contributed by atoms with Crippen molar-refractivity contribution in [2.45, 2.75) is 31.9 Å². The number of carboxylic acid groups (broad SMARTS) is 1. The third-order valence-corrected chi connectivity index (χ3v) is 4.86. The van der Waals surface area contributed by atoms with Gasteiger partial charge in [0, 0.05) is 18.1 Å². The van der Waals surface area contributed by atoms with Crippen LogP contribution in [0, 0.1) is 5.41 Å². The number of hydrogen-bond acceptors (Lipinski definition) is 2. The number of amides is 1. The molecule has 2 rings (SSSR count). The van der Waals surface area contributed by atoms with Crippen LogP contribution < -0.4 is 0 Å². The molecule has 0 spiro atoms. The fourth-order valence-electron chi connectivity index (χ4n) is 2.90. The summed E-state index contributed by atoms with van der Waals surface area (Å²) in [4.78, 5) is 24.9. The molecule has 0 saturated carbocycles. The Morgan fingerprint density at radius 3 is 2.17 bits per heavy atom. The summed E-state index contributed by atoms with van der Waals surface area (Å²) in [7, 11) is 0. The van der Waals surface area contributed by atoms with E-state index >= 15 is 0 Å². The van der Waals surface area contributed by atoms with Crippen molar-refractivity contribution < 1.29 is 27.9 Å². The van der Waals surface area contributed by atoms with Crippen LogP contribution in [-0.2, 0) is 15.0 Å². The molecule has 1 amide bonds. The van der Waals surface area contributed by atoms with Crippen molar-refractivity contribution in [2.75, 3.05) is 13.1 Å². The zero-order chi connectivity index (χ0) is 18.3. The largest absolute Gasteiger partial charge is 0.481 e. The van der Waals surface area contributed by atoms with Gasteiger partial charge in [0.25, 0.3) is 0 Å². The molecule has 0 aliphatic carbocycles. The fourth-order valence-corrected chi connectivity index (χ4v) is 3.02. The van der Waals surface area contributed by atoms with E-state index < -0.39 is 41.8 Å². The van der Waals surface area contributed by atoms with Crippen molar-refractivity contribution in [1.82, 2.24) is 4.90 Å². The lowest BCUT2D eigenvalue weighted by Gasteiger charge is -2.32. The summed E-state index contributed by atoms with van der Waals surface area (Å²) in [5.41, 5.74) is -3.40. The van der Waals surface area contributed by atoms with E-state index in [2.05, 4.69) is 0 Å². The Balaban J connectivity index is 2.28. The molecule has 1 aliphatic heterocycles. The van der Waals surface area contributed by atoms with Crippen LogP contribution in [0.1, 0.15) is 25.8 Å². The highest BCUT2D eigenvalue weighted by Gasteiger charge is 2.64. The number of likely N-dealkylation sites (tertiary alicyclic amines) is 1. The number of alkyl halides is 3. The normalized spacial score (nSPS) is 21.8. The Labute approximate surface area is 142 Å². The summed E-state index contributed by atoms with van der Waals surface area (Å²) in [6, 6.07) is 6.44. The average Bonchev–Trinajstić information content (AvgIpc) is 2.93. The van der Waals surface area contributed by atoms with Crippen molar-refractivity contribution >= 4 is 23.5 Å². The molecule has 1 aromatic rings. The minimum absolute atomic E-state index is 0.248. The monoisotopic (exact) mass is 363 g/mol. The van der Waals surface area contributed by atoms with Crippen LogP contribution in [0.15, 0.2) is 24.3 Å². The first kappa shape index (κ1) is 18.6. The molecule has 1 aromatic carbocycles. The van der Waals surface area contributed by atoms with Gasteiger partial charge in [0.2, 0.25) is 5.91 Å². The van der Waals surface area contributed by atoms with Crippen LogP contribution >= 0.6 is 11.6 Å². The number of hydrogen-bond donors (Lipinski definition) is 1. The molecular weight excluding hydrogens is 347 g/mol. The molecule has 4 nitrogen and oxygen atoms in total. The maximum absolute atomic E-state index is 13.2. The summed E-state index contributed by atoms with van der Waals surface area (Å²) in [5, 5.41) is 9.55. The number of rotatable bonds is 3. The summed E-state index contributed by atoms with van der Waals surface area (Å²) in [6.07, 6.45) is -5.56. The molecule has 132 valence electrons. The molecule has 8 heteroatoms. The van der Waals surface area contributed by atoms with Gasteiger partial charge in [-0.05, 0) is 38.0 Å². The van der Waals surface area contributed by atoms with E-state index in [1.807, 2.05) is 0 Å². The molecule has 1 atom stereocenters. The molecule has 1 fully saturated rings. The second kappa shape index (κ2) is 5.95. The van der Waals surface area contributed by atoms with Crippen LogP contribution in [-0.4, -0.2) is 41.1 Å². The highest BCUT2D eigenvalue weighted by Crippen LogP contribution is 2.46. The minimum Gasteiger partial charge on any atom is -0.481 e. The highest BCUT2D eigenvalue weighted by atomic mass is 35.5. The smallest absolute Gasteiger partial charge is 0.406 e. The molecule has 1 aliphatic rings. The van der Waals surface area contributed by atoms with Crippen LogP contribution in [0.4, 0.5) is 13.2 Å². The summed E-state index contributed by atoms with van der Waals surface area (Å²) >= 11 is 5.81. The number of nitrogens with zero attached hydrogens (tertiary/aromatic N) is 1. The molecule has 1 heterocycles. The number of halogens is 4. The Morgan fingerprint density at radius 1 is 1.21 bits per heavy atom. The number of aliphatic carboxylic acids is 1. The zero-order valence-corrected chi connectivity index (χ0v) is 13.9. The van der Waals surface area contributed by atoms with Gasteiger partial charge in [-0.2, -0.15) is 13.2 Å². The lowest BCUT2D eigenvalue weighted by atomic mass is 9.83. The van der Waals surface area contributed by atoms with Gasteiger partial charge in [-0.1, -0.05) is 23.7 Å². The average molecular weight is 364 g/mol. The number of carbonyl (C=O) groups excluding carboxylic acids is 1. The van der Waals surface area contributed by atoms with Crippen molar-refractivity contribution in [1.29, 1.82) is 0 Å². The molecule has 1 saturated heterocycles. The van der Waals surface area contributed by atoms with E-state index in [4.69, 9.17) is 16.7 Å². The van der Waals surface area contributed by atoms with Gasteiger partial charge in [0.05, 0.1) is 5.41 Å². The number of carbonyl (C=O) groups is 2. The predicted octanol–water partition coefficient (Wildman–Crippen LogP) is 3.48. The lowest BCUT2D eigenvalue weighted by molar-refractivity contribution is -0.227. The molecule has 1 N–H and O–H groups in total. The van der Waals surface area contributed by atoms with E-state index in [1.54, 1.807) is 38.1 Å². The van der Waals surface area contributed by atoms with E-state index in [1.165, 1.54) is 0 Å². The maximum atomic E-state index is 13.2. The molecule has 0 bridgehead atoms. The van der Waals surface area contributed by atoms with E-state index in [0.717, 1.165) is 4.90 Å². The quantitative estimate of drug-likeness (QED) is 0.894. The van der Waals surface area contributed by atoms with Gasteiger partial charge in [-0.3, -0.25) is 9.59 Å². The third kappa shape index (κ3) is 2.97. The SMILES string of the molecule is CC(C)(C(=O)N1CCC(C(=O)O)(C(F)(F)F)C1)c1ccc(Cl)cc1. The predicted molar refractivity (Wildman–Crippen MR) is 81.8 cm³/mol. The zero-order valence-electron chi connectivity index (χ0n) is 13.2. The Hall–Kier alpha value is -1.76. The minimum atomic E-state index is -4.92. The van der Waals surface area contributed by atoms with Gasteiger partial charge < -0.3 is 10.0 Å². The number of carboxylic acids is 1. The fraction of sp³-hybridized carbons (Fsp3) is 0.500. The molecule has 24 heavy (non-hydrogen) atoms.